The van der Waals surface area contributed by atoms with Gasteiger partial charge in [-0.3, -0.25) is 9.59 Å². The second-order valence-corrected chi connectivity index (χ2v) is 4.02. The van der Waals surface area contributed by atoms with E-state index < -0.39 is 5.97 Å². The van der Waals surface area contributed by atoms with Crippen molar-refractivity contribution in [2.75, 3.05) is 12.8 Å². The lowest BCUT2D eigenvalue weighted by Crippen LogP contribution is -2.00. The molecule has 3 N–H and O–H groups in total. The highest BCUT2D eigenvalue weighted by atomic mass is 35.5. The number of Topliss-reactive ketones (excluding diaryl/α,β-unsaturated/α-hetero) is 1. The minimum absolute atomic E-state index is 0.312. The number of hydrogen-bond donors (Lipinski definition) is 2. The molecule has 1 aromatic carbocycles. The minimum atomic E-state index is -1.06. The highest BCUT2D eigenvalue weighted by Gasteiger charge is 2.02. The predicted molar refractivity (Wildman–Crippen MR) is 70.1 cm³/mol. The Morgan fingerprint density at radius 1 is 1.44 bits per heavy atom. The van der Waals surface area contributed by atoms with Crippen molar-refractivity contribution in [1.29, 1.82) is 0 Å². The first-order valence-corrected chi connectivity index (χ1v) is 5.46. The minimum Gasteiger partial charge on any atom is -0.495 e. The molecule has 0 bridgehead atoms. The van der Waals surface area contributed by atoms with Crippen molar-refractivity contribution < 1.29 is 19.4 Å². The zero-order chi connectivity index (χ0) is 14.3. The van der Waals surface area contributed by atoms with Gasteiger partial charge in [-0.1, -0.05) is 11.6 Å². The van der Waals surface area contributed by atoms with Crippen molar-refractivity contribution in [2.45, 2.75) is 20.3 Å². The van der Waals surface area contributed by atoms with Crippen LogP contribution in [0.25, 0.3) is 0 Å². The molecule has 0 aliphatic rings. The Hall–Kier alpha value is -1.75. The van der Waals surface area contributed by atoms with E-state index in [1.165, 1.54) is 6.92 Å². The monoisotopic (exact) mass is 273 g/mol. The molecule has 0 fully saturated rings. The molecule has 0 atom stereocenters. The molecule has 1 aromatic rings. The molecular formula is C12H16ClNO4. The molecule has 0 spiro atoms. The van der Waals surface area contributed by atoms with Gasteiger partial charge in [0.25, 0.3) is 0 Å². The van der Waals surface area contributed by atoms with Crippen LogP contribution in [0.5, 0.6) is 5.75 Å². The molecule has 0 radical (unpaired) electrons. The van der Waals surface area contributed by atoms with Gasteiger partial charge in [-0.25, -0.2) is 0 Å². The Morgan fingerprint density at radius 2 is 2.00 bits per heavy atom. The maximum absolute atomic E-state index is 9.87. The molecular weight excluding hydrogens is 258 g/mol. The van der Waals surface area contributed by atoms with E-state index in [9.17, 15) is 9.59 Å². The first-order valence-electron chi connectivity index (χ1n) is 5.08. The van der Waals surface area contributed by atoms with Crippen molar-refractivity contribution in [3.8, 4) is 5.75 Å². The van der Waals surface area contributed by atoms with E-state index in [0.717, 1.165) is 5.56 Å². The van der Waals surface area contributed by atoms with Gasteiger partial charge in [-0.15, -0.1) is 0 Å². The standard InChI is InChI=1S/C8H10ClNO.C4H6O3/c1-5-3-7(10)8(11-2)4-6(5)9;1-3(5)2-4(6)7/h3-4H,10H2,1-2H3;2H2,1H3,(H,6,7). The van der Waals surface area contributed by atoms with Crippen LogP contribution in [0.2, 0.25) is 5.02 Å². The fraction of sp³-hybridized carbons (Fsp3) is 0.333. The lowest BCUT2D eigenvalue weighted by molar-refractivity contribution is -0.139. The zero-order valence-corrected chi connectivity index (χ0v) is 11.2. The number of benzene rings is 1. The van der Waals surface area contributed by atoms with Gasteiger partial charge in [0.1, 0.15) is 18.0 Å². The fourth-order valence-corrected chi connectivity index (χ4v) is 1.23. The lowest BCUT2D eigenvalue weighted by atomic mass is 10.2. The summed E-state index contributed by atoms with van der Waals surface area (Å²) >= 11 is 5.83. The van der Waals surface area contributed by atoms with Crippen LogP contribution >= 0.6 is 11.6 Å². The molecule has 0 aliphatic heterocycles. The average Bonchev–Trinajstić information content (AvgIpc) is 2.22. The smallest absolute Gasteiger partial charge is 0.310 e. The Bertz CT molecular complexity index is 434. The molecule has 5 nitrogen and oxygen atoms in total. The van der Waals surface area contributed by atoms with Gasteiger partial charge in [-0.2, -0.15) is 0 Å². The summed E-state index contributed by atoms with van der Waals surface area (Å²) in [7, 11) is 1.57. The van der Waals surface area contributed by atoms with Gasteiger partial charge >= 0.3 is 5.97 Å². The van der Waals surface area contributed by atoms with E-state index in [2.05, 4.69) is 0 Å². The third-order valence-electron chi connectivity index (χ3n) is 1.91. The molecule has 0 saturated heterocycles. The molecule has 0 unspecified atom stereocenters. The number of aryl methyl sites for hydroxylation is 1. The summed E-state index contributed by atoms with van der Waals surface area (Å²) in [5.74, 6) is -0.749. The molecule has 0 heterocycles. The van der Waals surface area contributed by atoms with E-state index in [4.69, 9.17) is 27.2 Å². The zero-order valence-electron chi connectivity index (χ0n) is 10.5. The van der Waals surface area contributed by atoms with E-state index in [0.29, 0.717) is 16.5 Å². The summed E-state index contributed by atoms with van der Waals surface area (Å²) in [6.45, 7) is 3.15. The number of carbonyl (C=O) groups excluding carboxylic acids is 1. The van der Waals surface area contributed by atoms with Crippen LogP contribution in [-0.4, -0.2) is 24.0 Å². The Morgan fingerprint density at radius 3 is 2.33 bits per heavy atom. The van der Waals surface area contributed by atoms with Crippen molar-refractivity contribution in [1.82, 2.24) is 0 Å². The van der Waals surface area contributed by atoms with Crippen LogP contribution in [0.3, 0.4) is 0 Å². The third-order valence-corrected chi connectivity index (χ3v) is 2.32. The van der Waals surface area contributed by atoms with Crippen LogP contribution in [0.1, 0.15) is 18.9 Å². The summed E-state index contributed by atoms with van der Waals surface area (Å²) < 4.78 is 4.97. The normalized spacial score (nSPS) is 9.11. The molecule has 0 amide bonds. The van der Waals surface area contributed by atoms with E-state index in [1.54, 1.807) is 19.2 Å². The average molecular weight is 274 g/mol. The number of carbonyl (C=O) groups is 2. The maximum Gasteiger partial charge on any atom is 0.310 e. The first-order chi connectivity index (χ1) is 8.27. The van der Waals surface area contributed by atoms with Crippen LogP contribution in [0.15, 0.2) is 12.1 Å². The molecule has 100 valence electrons. The number of ketones is 1. The van der Waals surface area contributed by atoms with Gasteiger partial charge < -0.3 is 15.6 Å². The number of halogens is 1. The summed E-state index contributed by atoms with van der Waals surface area (Å²) in [6.07, 6.45) is -0.361. The summed E-state index contributed by atoms with van der Waals surface area (Å²) in [5, 5.41) is 8.54. The van der Waals surface area contributed by atoms with Gasteiger partial charge in [-0.05, 0) is 25.5 Å². The van der Waals surface area contributed by atoms with E-state index >= 15 is 0 Å². The number of rotatable bonds is 3. The molecule has 1 rings (SSSR count). The van der Waals surface area contributed by atoms with Crippen LogP contribution < -0.4 is 10.5 Å². The maximum atomic E-state index is 9.87. The van der Waals surface area contributed by atoms with Crippen LogP contribution in [0, 0.1) is 6.92 Å². The fourth-order valence-electron chi connectivity index (χ4n) is 1.08. The first kappa shape index (κ1) is 16.2. The number of nitrogen functional groups attached to an aromatic ring is 1. The predicted octanol–water partition coefficient (Wildman–Crippen LogP) is 2.29. The van der Waals surface area contributed by atoms with Gasteiger partial charge in [0, 0.05) is 11.1 Å². The van der Waals surface area contributed by atoms with E-state index in [-0.39, 0.29) is 12.2 Å². The quantitative estimate of drug-likeness (QED) is 0.651. The largest absolute Gasteiger partial charge is 0.495 e. The number of anilines is 1. The number of hydrogen-bond acceptors (Lipinski definition) is 4. The highest BCUT2D eigenvalue weighted by Crippen LogP contribution is 2.28. The summed E-state index contributed by atoms with van der Waals surface area (Å²) in [4.78, 5) is 19.5. The van der Waals surface area contributed by atoms with Crippen molar-refractivity contribution in [2.24, 2.45) is 0 Å². The van der Waals surface area contributed by atoms with E-state index in [1.807, 2.05) is 6.92 Å². The molecule has 6 heteroatoms. The Labute approximate surface area is 111 Å². The Kier molecular flexibility index (Phi) is 6.82. The van der Waals surface area contributed by atoms with Crippen molar-refractivity contribution >= 4 is 29.0 Å². The van der Waals surface area contributed by atoms with Gasteiger partial charge in [0.15, 0.2) is 0 Å². The van der Waals surface area contributed by atoms with Crippen molar-refractivity contribution in [3.05, 3.63) is 22.7 Å². The molecule has 0 aliphatic carbocycles. The highest BCUT2D eigenvalue weighted by molar-refractivity contribution is 6.31. The van der Waals surface area contributed by atoms with Crippen molar-refractivity contribution in [3.63, 3.8) is 0 Å². The number of ether oxygens (including phenoxy) is 1. The molecule has 18 heavy (non-hydrogen) atoms. The third kappa shape index (κ3) is 6.10. The number of nitrogens with two attached hydrogens (primary N) is 1. The summed E-state index contributed by atoms with van der Waals surface area (Å²) in [5.41, 5.74) is 7.20. The topological polar surface area (TPSA) is 89.6 Å². The second kappa shape index (κ2) is 7.55. The number of aliphatic carboxylic acids is 1. The molecule has 0 saturated carbocycles. The molecule has 0 aromatic heterocycles. The number of carboxylic acids is 1. The summed E-state index contributed by atoms with van der Waals surface area (Å²) in [6, 6.07) is 3.51. The number of methoxy groups -OCH3 is 1. The van der Waals surface area contributed by atoms with Crippen LogP contribution in [0.4, 0.5) is 5.69 Å². The second-order valence-electron chi connectivity index (χ2n) is 3.62. The SMILES string of the molecule is CC(=O)CC(=O)O.COc1cc(Cl)c(C)cc1N. The lowest BCUT2D eigenvalue weighted by Gasteiger charge is -2.05. The van der Waals surface area contributed by atoms with Gasteiger partial charge in [0.05, 0.1) is 12.8 Å². The van der Waals surface area contributed by atoms with Gasteiger partial charge in [0.2, 0.25) is 0 Å². The Balaban J connectivity index is 0.000000360. The number of carboxylic acid groups (broad SMARTS) is 1. The van der Waals surface area contributed by atoms with Crippen LogP contribution in [-0.2, 0) is 9.59 Å².